The van der Waals surface area contributed by atoms with Gasteiger partial charge < -0.3 is 19.9 Å². The lowest BCUT2D eigenvalue weighted by Crippen LogP contribution is -2.44. The molecule has 0 radical (unpaired) electrons. The second-order valence-corrected chi connectivity index (χ2v) is 4.75. The predicted octanol–water partition coefficient (Wildman–Crippen LogP) is 0.836. The van der Waals surface area contributed by atoms with E-state index in [1.807, 2.05) is 12.1 Å². The summed E-state index contributed by atoms with van der Waals surface area (Å²) in [6, 6.07) is 4.53. The highest BCUT2D eigenvalue weighted by Gasteiger charge is 2.28. The summed E-state index contributed by atoms with van der Waals surface area (Å²) in [7, 11) is 1.57. The van der Waals surface area contributed by atoms with Crippen molar-refractivity contribution in [1.29, 1.82) is 0 Å². The summed E-state index contributed by atoms with van der Waals surface area (Å²) >= 11 is 0. The number of methoxy groups -OCH3 is 1. The van der Waals surface area contributed by atoms with E-state index >= 15 is 0 Å². The van der Waals surface area contributed by atoms with E-state index in [2.05, 4.69) is 5.32 Å². The van der Waals surface area contributed by atoms with Crippen molar-refractivity contribution in [1.82, 2.24) is 5.32 Å². The Kier molecular flexibility index (Phi) is 4.12. The van der Waals surface area contributed by atoms with E-state index in [-0.39, 0.29) is 12.5 Å². The van der Waals surface area contributed by atoms with E-state index in [9.17, 15) is 9.59 Å². The molecule has 6 heteroatoms. The fourth-order valence-corrected chi connectivity index (χ4v) is 2.06. The molecular weight excluding hydrogens is 262 g/mol. The number of hydrogen-bond donors (Lipinski definition) is 2. The molecule has 1 unspecified atom stereocenters. The molecular formula is C14H17NO5. The minimum Gasteiger partial charge on any atom is -0.497 e. The van der Waals surface area contributed by atoms with Gasteiger partial charge in [-0.15, -0.1) is 0 Å². The number of carbonyl (C=O) groups is 2. The number of hydrogen-bond acceptors (Lipinski definition) is 4. The summed E-state index contributed by atoms with van der Waals surface area (Å²) in [5.41, 5.74) is 0.888. The maximum Gasteiger partial charge on any atom is 0.325 e. The Morgan fingerprint density at radius 3 is 2.90 bits per heavy atom. The van der Waals surface area contributed by atoms with Gasteiger partial charge in [-0.2, -0.15) is 0 Å². The number of rotatable bonds is 4. The summed E-state index contributed by atoms with van der Waals surface area (Å²) in [5, 5.41) is 11.3. The molecule has 0 bridgehead atoms. The van der Waals surface area contributed by atoms with Crippen LogP contribution in [0.15, 0.2) is 18.2 Å². The number of nitrogens with one attached hydrogen (secondary N) is 1. The molecule has 0 saturated heterocycles. The molecule has 0 aliphatic carbocycles. The Labute approximate surface area is 116 Å². The average molecular weight is 279 g/mol. The highest BCUT2D eigenvalue weighted by molar-refractivity contribution is 5.85. The van der Waals surface area contributed by atoms with Gasteiger partial charge in [0, 0.05) is 0 Å². The second-order valence-electron chi connectivity index (χ2n) is 4.75. The van der Waals surface area contributed by atoms with Crippen LogP contribution in [0.5, 0.6) is 11.5 Å². The van der Waals surface area contributed by atoms with Crippen molar-refractivity contribution in [3.8, 4) is 11.5 Å². The Balaban J connectivity index is 2.06. The van der Waals surface area contributed by atoms with Crippen LogP contribution in [0.1, 0.15) is 12.5 Å². The Bertz CT molecular complexity index is 528. The van der Waals surface area contributed by atoms with Gasteiger partial charge in [0.25, 0.3) is 0 Å². The van der Waals surface area contributed by atoms with E-state index in [4.69, 9.17) is 14.6 Å². The Morgan fingerprint density at radius 1 is 1.50 bits per heavy atom. The van der Waals surface area contributed by atoms with Gasteiger partial charge in [0.2, 0.25) is 5.91 Å². The van der Waals surface area contributed by atoms with Crippen molar-refractivity contribution < 1.29 is 24.2 Å². The summed E-state index contributed by atoms with van der Waals surface area (Å²) in [6.45, 7) is 1.68. The Hall–Kier alpha value is -2.24. The average Bonchev–Trinajstić information content (AvgIpc) is 2.45. The third kappa shape index (κ3) is 3.01. The number of aliphatic carboxylic acids is 1. The van der Waals surface area contributed by atoms with Crippen molar-refractivity contribution in [3.63, 3.8) is 0 Å². The summed E-state index contributed by atoms with van der Waals surface area (Å²) < 4.78 is 10.7. The fraction of sp³-hybridized carbons (Fsp3) is 0.429. The monoisotopic (exact) mass is 279 g/mol. The molecule has 0 aromatic heterocycles. The van der Waals surface area contributed by atoms with Crippen LogP contribution >= 0.6 is 0 Å². The Morgan fingerprint density at radius 2 is 2.25 bits per heavy atom. The molecule has 108 valence electrons. The smallest absolute Gasteiger partial charge is 0.325 e. The van der Waals surface area contributed by atoms with E-state index in [0.717, 1.165) is 11.3 Å². The molecule has 0 fully saturated rings. The van der Waals surface area contributed by atoms with Gasteiger partial charge in [0.05, 0.1) is 13.0 Å². The largest absolute Gasteiger partial charge is 0.497 e. The van der Waals surface area contributed by atoms with Gasteiger partial charge in [-0.1, -0.05) is 0 Å². The van der Waals surface area contributed by atoms with Crippen LogP contribution in [0.3, 0.4) is 0 Å². The van der Waals surface area contributed by atoms with Gasteiger partial charge in [-0.3, -0.25) is 9.59 Å². The highest BCUT2D eigenvalue weighted by atomic mass is 16.5. The van der Waals surface area contributed by atoms with Crippen LogP contribution in [0.25, 0.3) is 0 Å². The second kappa shape index (κ2) is 5.81. The minimum atomic E-state index is -1.06. The molecule has 2 rings (SSSR count). The fourth-order valence-electron chi connectivity index (χ4n) is 2.06. The number of fused-ring (bicyclic) bond motifs is 1. The summed E-state index contributed by atoms with van der Waals surface area (Å²) in [4.78, 5) is 22.7. The predicted molar refractivity (Wildman–Crippen MR) is 70.9 cm³/mol. The standard InChI is InChI=1S/C14H17NO5/c1-8(14(17)18)15-13(16)10-5-9-6-11(19-2)3-4-12(9)20-7-10/h3-4,6,8,10H,5,7H2,1-2H3,(H,15,16)(H,17,18)/t8-,10?/m1/s1. The maximum atomic E-state index is 12.0. The summed E-state index contributed by atoms with van der Waals surface area (Å²) in [5.74, 6) is -0.324. The van der Waals surface area contributed by atoms with Crippen LogP contribution in [0, 0.1) is 5.92 Å². The van der Waals surface area contributed by atoms with Crippen molar-refractivity contribution >= 4 is 11.9 Å². The number of carboxylic acid groups (broad SMARTS) is 1. The molecule has 0 spiro atoms. The molecule has 1 aliphatic heterocycles. The van der Waals surface area contributed by atoms with Crippen LogP contribution in [0.4, 0.5) is 0 Å². The van der Waals surface area contributed by atoms with Crippen LogP contribution < -0.4 is 14.8 Å². The molecule has 2 atom stereocenters. The van der Waals surface area contributed by atoms with Gasteiger partial charge in [0.15, 0.2) is 0 Å². The van der Waals surface area contributed by atoms with E-state index < -0.39 is 17.9 Å². The number of carbonyl (C=O) groups excluding carboxylic acids is 1. The number of ether oxygens (including phenoxy) is 2. The van der Waals surface area contributed by atoms with Gasteiger partial charge in [-0.25, -0.2) is 0 Å². The molecule has 1 amide bonds. The molecule has 2 N–H and O–H groups in total. The van der Waals surface area contributed by atoms with Crippen LogP contribution in [-0.2, 0) is 16.0 Å². The lowest BCUT2D eigenvalue weighted by atomic mass is 9.95. The molecule has 1 heterocycles. The third-order valence-corrected chi connectivity index (χ3v) is 3.27. The van der Waals surface area contributed by atoms with Crippen molar-refractivity contribution in [2.75, 3.05) is 13.7 Å². The lowest BCUT2D eigenvalue weighted by molar-refractivity contribution is -0.142. The first-order valence-electron chi connectivity index (χ1n) is 6.34. The molecule has 0 saturated carbocycles. The third-order valence-electron chi connectivity index (χ3n) is 3.27. The number of benzene rings is 1. The first kappa shape index (κ1) is 14.2. The van der Waals surface area contributed by atoms with Crippen LogP contribution in [0.2, 0.25) is 0 Å². The minimum absolute atomic E-state index is 0.248. The lowest BCUT2D eigenvalue weighted by Gasteiger charge is -2.25. The van der Waals surface area contributed by atoms with Gasteiger partial charge >= 0.3 is 5.97 Å². The van der Waals surface area contributed by atoms with Crippen molar-refractivity contribution in [3.05, 3.63) is 23.8 Å². The van der Waals surface area contributed by atoms with Crippen molar-refractivity contribution in [2.45, 2.75) is 19.4 Å². The topological polar surface area (TPSA) is 84.9 Å². The molecule has 1 aliphatic rings. The first-order valence-corrected chi connectivity index (χ1v) is 6.34. The zero-order valence-corrected chi connectivity index (χ0v) is 11.4. The quantitative estimate of drug-likeness (QED) is 0.853. The maximum absolute atomic E-state index is 12.0. The highest BCUT2D eigenvalue weighted by Crippen LogP contribution is 2.30. The van der Waals surface area contributed by atoms with Gasteiger partial charge in [-0.05, 0) is 37.1 Å². The normalized spacial score (nSPS) is 18.4. The first-order chi connectivity index (χ1) is 9.51. The van der Waals surface area contributed by atoms with Crippen molar-refractivity contribution in [2.24, 2.45) is 5.92 Å². The molecule has 20 heavy (non-hydrogen) atoms. The van der Waals surface area contributed by atoms with E-state index in [1.54, 1.807) is 13.2 Å². The zero-order chi connectivity index (χ0) is 14.7. The number of carboxylic acids is 1. The molecule has 1 aromatic rings. The van der Waals surface area contributed by atoms with Gasteiger partial charge in [0.1, 0.15) is 24.1 Å². The number of amides is 1. The molecule has 1 aromatic carbocycles. The molecule has 6 nitrogen and oxygen atoms in total. The SMILES string of the molecule is COc1ccc2c(c1)CC(C(=O)N[C@H](C)C(=O)O)CO2. The summed E-state index contributed by atoms with van der Waals surface area (Å²) in [6.07, 6.45) is 0.505. The van der Waals surface area contributed by atoms with E-state index in [1.165, 1.54) is 6.92 Å². The zero-order valence-electron chi connectivity index (χ0n) is 11.4. The van der Waals surface area contributed by atoms with E-state index in [0.29, 0.717) is 12.2 Å². The van der Waals surface area contributed by atoms with Crippen LogP contribution in [-0.4, -0.2) is 36.7 Å².